The number of carbonyl (C=O) groups is 1. The minimum absolute atomic E-state index is 0.0178. The molecule has 1 fully saturated rings. The molecular weight excluding hydrogens is 266 g/mol. The third kappa shape index (κ3) is 1.38. The molecule has 1 saturated heterocycles. The molecule has 4 nitrogen and oxygen atoms in total. The van der Waals surface area contributed by atoms with E-state index in [2.05, 4.69) is 23.1 Å². The van der Waals surface area contributed by atoms with Crippen molar-refractivity contribution in [3.05, 3.63) is 35.4 Å². The van der Waals surface area contributed by atoms with Crippen molar-refractivity contribution in [3.63, 3.8) is 0 Å². The molecule has 3 aliphatic heterocycles. The Morgan fingerprint density at radius 3 is 3.00 bits per heavy atom. The average Bonchev–Trinajstić information content (AvgIpc) is 3.18. The highest BCUT2D eigenvalue weighted by Crippen LogP contribution is 2.52. The van der Waals surface area contributed by atoms with Crippen LogP contribution in [0.3, 0.4) is 0 Å². The highest BCUT2D eigenvalue weighted by atomic mass is 16.7. The molecule has 1 aliphatic carbocycles. The van der Waals surface area contributed by atoms with Crippen LogP contribution in [0.25, 0.3) is 0 Å². The molecule has 0 N–H and O–H groups in total. The summed E-state index contributed by atoms with van der Waals surface area (Å²) in [5, 5.41) is 0. The van der Waals surface area contributed by atoms with Crippen molar-refractivity contribution in [1.82, 2.24) is 4.90 Å². The van der Waals surface area contributed by atoms with Crippen molar-refractivity contribution in [2.45, 2.75) is 37.1 Å². The van der Waals surface area contributed by atoms with Gasteiger partial charge in [-0.05, 0) is 42.5 Å². The molecule has 108 valence electrons. The fourth-order valence-electron chi connectivity index (χ4n) is 4.62. The van der Waals surface area contributed by atoms with Crippen molar-refractivity contribution >= 4 is 5.91 Å². The van der Waals surface area contributed by atoms with E-state index in [-0.39, 0.29) is 18.2 Å². The van der Waals surface area contributed by atoms with E-state index in [1.165, 1.54) is 5.56 Å². The number of fused-ring (bicyclic) bond motifs is 3. The van der Waals surface area contributed by atoms with E-state index in [1.807, 2.05) is 6.07 Å². The van der Waals surface area contributed by atoms with E-state index in [4.69, 9.17) is 9.47 Å². The largest absolute Gasteiger partial charge is 0.454 e. The molecule has 2 atom stereocenters. The van der Waals surface area contributed by atoms with Gasteiger partial charge in [0.25, 0.3) is 0 Å². The molecule has 3 heterocycles. The molecule has 5 rings (SSSR count). The topological polar surface area (TPSA) is 38.8 Å². The quantitative estimate of drug-likeness (QED) is 0.686. The van der Waals surface area contributed by atoms with E-state index in [9.17, 15) is 4.79 Å². The van der Waals surface area contributed by atoms with E-state index < -0.39 is 0 Å². The van der Waals surface area contributed by atoms with E-state index in [1.54, 1.807) is 0 Å². The molecule has 1 amide bonds. The molecule has 0 bridgehead atoms. The summed E-state index contributed by atoms with van der Waals surface area (Å²) in [6.07, 6.45) is 8.22. The third-order valence-corrected chi connectivity index (χ3v) is 5.52. The number of amides is 1. The number of carbonyl (C=O) groups excluding carboxylic acids is 1. The Morgan fingerprint density at radius 2 is 2.10 bits per heavy atom. The lowest BCUT2D eigenvalue weighted by Gasteiger charge is -2.39. The maximum Gasteiger partial charge on any atom is 0.231 e. The molecule has 0 saturated carbocycles. The second kappa shape index (κ2) is 3.81. The summed E-state index contributed by atoms with van der Waals surface area (Å²) in [4.78, 5) is 14.9. The maximum atomic E-state index is 12.7. The summed E-state index contributed by atoms with van der Waals surface area (Å²) in [7, 11) is 0. The number of benzene rings is 1. The average molecular weight is 283 g/mol. The van der Waals surface area contributed by atoms with Crippen LogP contribution in [0, 0.1) is 0 Å². The normalized spacial score (nSPS) is 31.9. The fourth-order valence-corrected chi connectivity index (χ4v) is 4.62. The lowest BCUT2D eigenvalue weighted by atomic mass is 9.79. The molecule has 4 heteroatoms. The maximum absolute atomic E-state index is 12.7. The van der Waals surface area contributed by atoms with Crippen molar-refractivity contribution in [3.8, 4) is 11.5 Å². The monoisotopic (exact) mass is 283 g/mol. The number of nitrogens with zero attached hydrogens (tertiary/aromatic N) is 1. The van der Waals surface area contributed by atoms with Gasteiger partial charge in [0.05, 0.1) is 12.0 Å². The molecule has 0 radical (unpaired) electrons. The Hall–Kier alpha value is -1.97. The van der Waals surface area contributed by atoms with Gasteiger partial charge in [-0.1, -0.05) is 12.2 Å². The summed E-state index contributed by atoms with van der Waals surface area (Å²) in [6.45, 7) is 1.18. The van der Waals surface area contributed by atoms with Crippen molar-refractivity contribution < 1.29 is 14.3 Å². The Kier molecular flexibility index (Phi) is 2.12. The smallest absolute Gasteiger partial charge is 0.231 e. The van der Waals surface area contributed by atoms with Crippen LogP contribution in [0.1, 0.15) is 36.3 Å². The fraction of sp³-hybridized carbons (Fsp3) is 0.471. The highest BCUT2D eigenvalue weighted by molar-refractivity contribution is 5.82. The standard InChI is InChI=1S/C17H17NO3/c19-16-8-11-7-14-15(21-10-20-14)9-12(11)13-3-1-4-17(13)5-2-6-18(16)17/h1,3,7,9,13H,2,4-6,8,10H2/t13-,17-/m1/s1. The van der Waals surface area contributed by atoms with Crippen LogP contribution in [-0.2, 0) is 11.2 Å². The van der Waals surface area contributed by atoms with Crippen molar-refractivity contribution in [2.75, 3.05) is 13.3 Å². The van der Waals surface area contributed by atoms with Crippen LogP contribution >= 0.6 is 0 Å². The van der Waals surface area contributed by atoms with Gasteiger partial charge < -0.3 is 14.4 Å². The Bertz CT molecular complexity index is 681. The minimum atomic E-state index is -0.0178. The van der Waals surface area contributed by atoms with Crippen LogP contribution in [0.5, 0.6) is 11.5 Å². The zero-order valence-corrected chi connectivity index (χ0v) is 11.8. The van der Waals surface area contributed by atoms with Crippen LogP contribution in [0.2, 0.25) is 0 Å². The van der Waals surface area contributed by atoms with Crippen molar-refractivity contribution in [2.24, 2.45) is 0 Å². The number of hydrogen-bond acceptors (Lipinski definition) is 3. The SMILES string of the molecule is O=C1Cc2cc3c(cc2[C@H]2C=CC[C@@]24CCCN14)OCO3. The minimum Gasteiger partial charge on any atom is -0.454 e. The molecule has 1 aromatic rings. The van der Waals surface area contributed by atoms with Crippen LogP contribution in [-0.4, -0.2) is 29.7 Å². The first kappa shape index (κ1) is 11.7. The van der Waals surface area contributed by atoms with Gasteiger partial charge in [0.2, 0.25) is 12.7 Å². The lowest BCUT2D eigenvalue weighted by molar-refractivity contribution is -0.134. The molecular formula is C17H17NO3. The first-order valence-corrected chi connectivity index (χ1v) is 7.67. The Balaban J connectivity index is 1.73. The molecule has 1 spiro atoms. The molecule has 21 heavy (non-hydrogen) atoms. The number of rotatable bonds is 0. The summed E-state index contributed by atoms with van der Waals surface area (Å²) < 4.78 is 11.0. The molecule has 0 aromatic heterocycles. The Labute approximate surface area is 123 Å². The van der Waals surface area contributed by atoms with Gasteiger partial charge in [-0.15, -0.1) is 0 Å². The zero-order valence-electron chi connectivity index (χ0n) is 11.8. The van der Waals surface area contributed by atoms with Crippen LogP contribution in [0.15, 0.2) is 24.3 Å². The summed E-state index contributed by atoms with van der Waals surface area (Å²) >= 11 is 0. The van der Waals surface area contributed by atoms with Gasteiger partial charge in [-0.3, -0.25) is 4.79 Å². The van der Waals surface area contributed by atoms with Crippen molar-refractivity contribution in [1.29, 1.82) is 0 Å². The summed E-state index contributed by atoms with van der Waals surface area (Å²) in [5.41, 5.74) is 2.34. The molecule has 0 unspecified atom stereocenters. The second-order valence-corrected chi connectivity index (χ2v) is 6.44. The predicted octanol–water partition coefficient (Wildman–Crippen LogP) is 2.38. The Morgan fingerprint density at radius 1 is 1.24 bits per heavy atom. The van der Waals surface area contributed by atoms with Crippen LogP contribution < -0.4 is 9.47 Å². The predicted molar refractivity (Wildman–Crippen MR) is 76.4 cm³/mol. The van der Waals surface area contributed by atoms with Gasteiger partial charge >= 0.3 is 0 Å². The third-order valence-electron chi connectivity index (χ3n) is 5.52. The summed E-state index contributed by atoms with van der Waals surface area (Å²) in [5.74, 6) is 2.16. The van der Waals surface area contributed by atoms with E-state index >= 15 is 0 Å². The van der Waals surface area contributed by atoms with Gasteiger partial charge in [0.1, 0.15) is 0 Å². The zero-order chi connectivity index (χ0) is 14.0. The molecule has 1 aromatic carbocycles. The highest BCUT2D eigenvalue weighted by Gasteiger charge is 2.52. The van der Waals surface area contributed by atoms with E-state index in [0.29, 0.717) is 12.3 Å². The number of hydrogen-bond donors (Lipinski definition) is 0. The lowest BCUT2D eigenvalue weighted by Crippen LogP contribution is -2.48. The van der Waals surface area contributed by atoms with Gasteiger partial charge in [-0.25, -0.2) is 0 Å². The van der Waals surface area contributed by atoms with Gasteiger partial charge in [0, 0.05) is 12.5 Å². The second-order valence-electron chi connectivity index (χ2n) is 6.44. The number of ether oxygens (including phenoxy) is 2. The van der Waals surface area contributed by atoms with E-state index in [0.717, 1.165) is 42.9 Å². The molecule has 4 aliphatic rings. The first-order chi connectivity index (χ1) is 10.3. The van der Waals surface area contributed by atoms with Gasteiger partial charge in [-0.2, -0.15) is 0 Å². The summed E-state index contributed by atoms with van der Waals surface area (Å²) in [6, 6.07) is 4.12. The van der Waals surface area contributed by atoms with Crippen LogP contribution in [0.4, 0.5) is 0 Å². The first-order valence-electron chi connectivity index (χ1n) is 7.67. The van der Waals surface area contributed by atoms with Gasteiger partial charge in [0.15, 0.2) is 11.5 Å².